The third kappa shape index (κ3) is 5.13. The number of aryl methyl sites for hydroxylation is 1. The first-order valence-corrected chi connectivity index (χ1v) is 8.85. The van der Waals surface area contributed by atoms with Crippen molar-refractivity contribution in [1.29, 1.82) is 0 Å². The summed E-state index contributed by atoms with van der Waals surface area (Å²) in [5.74, 6) is 3.35. The van der Waals surface area contributed by atoms with E-state index in [2.05, 4.69) is 17.3 Å². The van der Waals surface area contributed by atoms with Crippen LogP contribution in [0.3, 0.4) is 0 Å². The molecule has 0 saturated carbocycles. The Morgan fingerprint density at radius 3 is 2.92 bits per heavy atom. The number of hydrogen-bond donors (Lipinski definition) is 1. The van der Waals surface area contributed by atoms with Crippen molar-refractivity contribution in [2.24, 2.45) is 10.9 Å². The maximum Gasteiger partial charge on any atom is 0.193 e. The number of furan rings is 2. The maximum atomic E-state index is 5.45. The molecule has 136 valence electrons. The number of ether oxygens (including phenoxy) is 1. The maximum absolute atomic E-state index is 5.45. The van der Waals surface area contributed by atoms with Crippen LogP contribution in [0.25, 0.3) is 0 Å². The lowest BCUT2D eigenvalue weighted by Gasteiger charge is -2.22. The Labute approximate surface area is 148 Å². The highest BCUT2D eigenvalue weighted by Gasteiger charge is 2.16. The highest BCUT2D eigenvalue weighted by atomic mass is 16.5. The minimum atomic E-state index is 0.519. The van der Waals surface area contributed by atoms with Crippen LogP contribution in [0, 0.1) is 12.8 Å². The van der Waals surface area contributed by atoms with E-state index in [0.717, 1.165) is 63.2 Å². The Morgan fingerprint density at radius 1 is 1.32 bits per heavy atom. The van der Waals surface area contributed by atoms with Gasteiger partial charge in [0, 0.05) is 51.2 Å². The van der Waals surface area contributed by atoms with Crippen molar-refractivity contribution in [3.05, 3.63) is 47.8 Å². The SMILES string of the molecule is Cc1occc1CN(C)C(=NCC1CCOC1)NCCc1ccco1. The predicted octanol–water partition coefficient (Wildman–Crippen LogP) is 2.84. The van der Waals surface area contributed by atoms with Crippen molar-refractivity contribution in [2.75, 3.05) is 33.4 Å². The summed E-state index contributed by atoms with van der Waals surface area (Å²) in [7, 11) is 2.05. The fourth-order valence-corrected chi connectivity index (χ4v) is 2.91. The molecule has 3 heterocycles. The number of hydrogen-bond acceptors (Lipinski definition) is 4. The third-order valence-electron chi connectivity index (χ3n) is 4.49. The molecular formula is C19H27N3O3. The zero-order valence-corrected chi connectivity index (χ0v) is 15.0. The fourth-order valence-electron chi connectivity index (χ4n) is 2.91. The van der Waals surface area contributed by atoms with Gasteiger partial charge in [-0.1, -0.05) is 0 Å². The molecular weight excluding hydrogens is 318 g/mol. The second kappa shape index (κ2) is 8.76. The van der Waals surface area contributed by atoms with Gasteiger partial charge in [-0.15, -0.1) is 0 Å². The van der Waals surface area contributed by atoms with E-state index in [9.17, 15) is 0 Å². The minimum absolute atomic E-state index is 0.519. The van der Waals surface area contributed by atoms with E-state index in [-0.39, 0.29) is 0 Å². The summed E-state index contributed by atoms with van der Waals surface area (Å²) in [6.07, 6.45) is 5.36. The predicted molar refractivity (Wildman–Crippen MR) is 96.6 cm³/mol. The van der Waals surface area contributed by atoms with Gasteiger partial charge in [-0.3, -0.25) is 4.99 Å². The van der Waals surface area contributed by atoms with Crippen LogP contribution in [0.4, 0.5) is 0 Å². The van der Waals surface area contributed by atoms with Crippen molar-refractivity contribution in [3.63, 3.8) is 0 Å². The van der Waals surface area contributed by atoms with Gasteiger partial charge in [0.2, 0.25) is 0 Å². The van der Waals surface area contributed by atoms with Crippen molar-refractivity contribution in [3.8, 4) is 0 Å². The number of nitrogens with one attached hydrogen (secondary N) is 1. The lowest BCUT2D eigenvalue weighted by Crippen LogP contribution is -2.40. The first-order chi connectivity index (χ1) is 12.2. The smallest absolute Gasteiger partial charge is 0.193 e. The second-order valence-electron chi connectivity index (χ2n) is 6.51. The van der Waals surface area contributed by atoms with E-state index < -0.39 is 0 Å². The van der Waals surface area contributed by atoms with Gasteiger partial charge in [-0.05, 0) is 31.5 Å². The quantitative estimate of drug-likeness (QED) is 0.617. The highest BCUT2D eigenvalue weighted by molar-refractivity contribution is 5.79. The summed E-state index contributed by atoms with van der Waals surface area (Å²) < 4.78 is 16.2. The van der Waals surface area contributed by atoms with Gasteiger partial charge >= 0.3 is 0 Å². The van der Waals surface area contributed by atoms with Crippen molar-refractivity contribution >= 4 is 5.96 Å². The molecule has 1 aliphatic rings. The molecule has 3 rings (SSSR count). The number of rotatable bonds is 7. The van der Waals surface area contributed by atoms with Crippen molar-refractivity contribution in [1.82, 2.24) is 10.2 Å². The molecule has 1 N–H and O–H groups in total. The van der Waals surface area contributed by atoms with E-state index in [1.807, 2.05) is 25.1 Å². The zero-order chi connectivity index (χ0) is 17.5. The van der Waals surface area contributed by atoms with Gasteiger partial charge in [0.25, 0.3) is 0 Å². The standard InChI is InChI=1S/C19H27N3O3/c1-15-17(7-11-24-15)13-22(2)19(21-12-16-6-10-23-14-16)20-8-5-18-4-3-9-25-18/h3-4,7,9,11,16H,5-6,8,10,12-14H2,1-2H3,(H,20,21). The van der Waals surface area contributed by atoms with E-state index in [0.29, 0.717) is 5.92 Å². The van der Waals surface area contributed by atoms with Crippen LogP contribution in [0.1, 0.15) is 23.5 Å². The summed E-state index contributed by atoms with van der Waals surface area (Å²) in [5, 5.41) is 3.46. The molecule has 6 heteroatoms. The summed E-state index contributed by atoms with van der Waals surface area (Å²) in [6, 6.07) is 5.92. The molecule has 1 aliphatic heterocycles. The van der Waals surface area contributed by atoms with Crippen LogP contribution in [0.2, 0.25) is 0 Å². The van der Waals surface area contributed by atoms with Crippen LogP contribution in [-0.2, 0) is 17.7 Å². The Hall–Kier alpha value is -2.21. The van der Waals surface area contributed by atoms with E-state index in [1.54, 1.807) is 12.5 Å². The first kappa shape index (κ1) is 17.6. The molecule has 0 aliphatic carbocycles. The zero-order valence-electron chi connectivity index (χ0n) is 15.0. The van der Waals surface area contributed by atoms with Crippen LogP contribution >= 0.6 is 0 Å². The lowest BCUT2D eigenvalue weighted by atomic mass is 10.1. The summed E-state index contributed by atoms with van der Waals surface area (Å²) in [4.78, 5) is 6.96. The van der Waals surface area contributed by atoms with Gasteiger partial charge in [0.1, 0.15) is 11.5 Å². The highest BCUT2D eigenvalue weighted by Crippen LogP contribution is 2.14. The van der Waals surface area contributed by atoms with Crippen LogP contribution in [-0.4, -0.2) is 44.2 Å². The summed E-state index contributed by atoms with van der Waals surface area (Å²) in [6.45, 7) is 5.98. The molecule has 2 aromatic heterocycles. The Bertz CT molecular complexity index is 657. The van der Waals surface area contributed by atoms with Crippen molar-refractivity contribution in [2.45, 2.75) is 26.3 Å². The summed E-state index contributed by atoms with van der Waals surface area (Å²) >= 11 is 0. The average Bonchev–Trinajstić information content (AvgIpc) is 3.35. The van der Waals surface area contributed by atoms with Gasteiger partial charge in [-0.25, -0.2) is 0 Å². The Kier molecular flexibility index (Phi) is 6.17. The molecule has 1 fully saturated rings. The molecule has 0 radical (unpaired) electrons. The molecule has 1 unspecified atom stereocenters. The van der Waals surface area contributed by atoms with Gasteiger partial charge in [0.05, 0.1) is 19.1 Å². The van der Waals surface area contributed by atoms with Gasteiger partial charge in [-0.2, -0.15) is 0 Å². The molecule has 2 aromatic rings. The summed E-state index contributed by atoms with van der Waals surface area (Å²) in [5.41, 5.74) is 1.17. The van der Waals surface area contributed by atoms with Crippen molar-refractivity contribution < 1.29 is 13.6 Å². The van der Waals surface area contributed by atoms with E-state index in [1.165, 1.54) is 5.56 Å². The Balaban J connectivity index is 1.59. The fraction of sp³-hybridized carbons (Fsp3) is 0.526. The molecule has 25 heavy (non-hydrogen) atoms. The normalized spacial score (nSPS) is 17.8. The molecule has 0 bridgehead atoms. The molecule has 0 spiro atoms. The first-order valence-electron chi connectivity index (χ1n) is 8.85. The number of nitrogens with zero attached hydrogens (tertiary/aromatic N) is 2. The van der Waals surface area contributed by atoms with Crippen LogP contribution in [0.15, 0.2) is 44.6 Å². The van der Waals surface area contributed by atoms with Gasteiger partial charge in [0.15, 0.2) is 5.96 Å². The monoisotopic (exact) mass is 345 g/mol. The molecule has 6 nitrogen and oxygen atoms in total. The number of aliphatic imine (C=N–C) groups is 1. The number of guanidine groups is 1. The van der Waals surface area contributed by atoms with Crippen LogP contribution in [0.5, 0.6) is 0 Å². The molecule has 1 saturated heterocycles. The molecule has 0 amide bonds. The van der Waals surface area contributed by atoms with E-state index in [4.69, 9.17) is 18.6 Å². The lowest BCUT2D eigenvalue weighted by molar-refractivity contribution is 0.187. The van der Waals surface area contributed by atoms with Crippen LogP contribution < -0.4 is 5.32 Å². The molecule has 0 aromatic carbocycles. The second-order valence-corrected chi connectivity index (χ2v) is 6.51. The molecule has 1 atom stereocenters. The largest absolute Gasteiger partial charge is 0.469 e. The van der Waals surface area contributed by atoms with E-state index >= 15 is 0 Å². The third-order valence-corrected chi connectivity index (χ3v) is 4.49. The Morgan fingerprint density at radius 2 is 2.24 bits per heavy atom. The average molecular weight is 345 g/mol. The minimum Gasteiger partial charge on any atom is -0.469 e. The topological polar surface area (TPSA) is 63.1 Å². The van der Waals surface area contributed by atoms with Gasteiger partial charge < -0.3 is 23.8 Å².